The van der Waals surface area contributed by atoms with Gasteiger partial charge in [0, 0.05) is 12.2 Å². The smallest absolute Gasteiger partial charge is 0.257 e. The predicted molar refractivity (Wildman–Crippen MR) is 88.2 cm³/mol. The first-order valence-corrected chi connectivity index (χ1v) is 7.42. The van der Waals surface area contributed by atoms with Crippen LogP contribution in [0.1, 0.15) is 22.8 Å². The summed E-state index contributed by atoms with van der Waals surface area (Å²) in [5, 5.41) is 6.71. The first-order valence-electron chi connectivity index (χ1n) is 6.67. The van der Waals surface area contributed by atoms with Crippen LogP contribution in [0.3, 0.4) is 0 Å². The minimum atomic E-state index is -0.275. The number of nitrogens with one attached hydrogen (secondary N) is 2. The lowest BCUT2D eigenvalue weighted by molar-refractivity contribution is 0.102. The van der Waals surface area contributed by atoms with Gasteiger partial charge in [0.15, 0.2) is 0 Å². The van der Waals surface area contributed by atoms with Gasteiger partial charge in [-0.1, -0.05) is 48.3 Å². The van der Waals surface area contributed by atoms with Crippen LogP contribution in [0.2, 0.25) is 10.0 Å². The molecule has 0 heterocycles. The largest absolute Gasteiger partial charge is 0.322 e. The van der Waals surface area contributed by atoms with E-state index < -0.39 is 0 Å². The van der Waals surface area contributed by atoms with Gasteiger partial charge in [0.2, 0.25) is 0 Å². The molecule has 0 fully saturated rings. The standard InChI is InChI=1S/C16H16Cl2N2O/c1-2-19-10-11-5-3-6-12(9-11)20-16(21)13-7-4-8-14(17)15(13)18/h3-9,19H,2,10H2,1H3,(H,20,21). The molecule has 0 saturated heterocycles. The van der Waals surface area contributed by atoms with Crippen molar-refractivity contribution in [3.63, 3.8) is 0 Å². The van der Waals surface area contributed by atoms with Gasteiger partial charge in [-0.3, -0.25) is 4.79 Å². The summed E-state index contributed by atoms with van der Waals surface area (Å²) in [5.74, 6) is -0.275. The fraction of sp³-hybridized carbons (Fsp3) is 0.188. The van der Waals surface area contributed by atoms with E-state index in [0.717, 1.165) is 24.3 Å². The second-order valence-corrected chi connectivity index (χ2v) is 5.32. The molecule has 21 heavy (non-hydrogen) atoms. The Morgan fingerprint density at radius 3 is 2.67 bits per heavy atom. The predicted octanol–water partition coefficient (Wildman–Crippen LogP) is 4.36. The Labute approximate surface area is 134 Å². The maximum Gasteiger partial charge on any atom is 0.257 e. The summed E-state index contributed by atoms with van der Waals surface area (Å²) < 4.78 is 0. The number of carbonyl (C=O) groups is 1. The summed E-state index contributed by atoms with van der Waals surface area (Å²) in [6.45, 7) is 3.71. The molecule has 1 amide bonds. The van der Waals surface area contributed by atoms with Crippen LogP contribution in [0.25, 0.3) is 0 Å². The lowest BCUT2D eigenvalue weighted by Gasteiger charge is -2.09. The molecule has 2 N–H and O–H groups in total. The maximum atomic E-state index is 12.2. The molecule has 0 atom stereocenters. The highest BCUT2D eigenvalue weighted by Gasteiger charge is 2.12. The lowest BCUT2D eigenvalue weighted by Crippen LogP contribution is -2.14. The average Bonchev–Trinajstić information content (AvgIpc) is 2.48. The zero-order valence-electron chi connectivity index (χ0n) is 11.6. The van der Waals surface area contributed by atoms with Gasteiger partial charge in [0.1, 0.15) is 0 Å². The summed E-state index contributed by atoms with van der Waals surface area (Å²) in [6, 6.07) is 12.7. The number of anilines is 1. The van der Waals surface area contributed by atoms with Crippen molar-refractivity contribution >= 4 is 34.8 Å². The van der Waals surface area contributed by atoms with E-state index in [9.17, 15) is 4.79 Å². The SMILES string of the molecule is CCNCc1cccc(NC(=O)c2cccc(Cl)c2Cl)c1. The normalized spacial score (nSPS) is 10.4. The zero-order chi connectivity index (χ0) is 15.2. The molecule has 0 unspecified atom stereocenters. The average molecular weight is 323 g/mol. The van der Waals surface area contributed by atoms with Crippen molar-refractivity contribution in [2.24, 2.45) is 0 Å². The Hall–Kier alpha value is -1.55. The van der Waals surface area contributed by atoms with Gasteiger partial charge in [0.25, 0.3) is 5.91 Å². The van der Waals surface area contributed by atoms with E-state index in [-0.39, 0.29) is 10.9 Å². The van der Waals surface area contributed by atoms with Crippen molar-refractivity contribution in [2.75, 3.05) is 11.9 Å². The Kier molecular flexibility index (Phi) is 5.62. The van der Waals surface area contributed by atoms with Gasteiger partial charge in [-0.25, -0.2) is 0 Å². The van der Waals surface area contributed by atoms with Crippen molar-refractivity contribution in [1.82, 2.24) is 5.32 Å². The van der Waals surface area contributed by atoms with E-state index in [1.165, 1.54) is 0 Å². The number of carbonyl (C=O) groups excluding carboxylic acids is 1. The quantitative estimate of drug-likeness (QED) is 0.858. The molecule has 3 nitrogen and oxygen atoms in total. The van der Waals surface area contributed by atoms with Crippen LogP contribution < -0.4 is 10.6 Å². The van der Waals surface area contributed by atoms with Crippen LogP contribution in [0.4, 0.5) is 5.69 Å². The molecule has 0 aliphatic rings. The first-order chi connectivity index (χ1) is 10.1. The monoisotopic (exact) mass is 322 g/mol. The third-order valence-electron chi connectivity index (χ3n) is 2.96. The van der Waals surface area contributed by atoms with Crippen LogP contribution in [-0.2, 0) is 6.54 Å². The molecule has 2 aromatic rings. The number of hydrogen-bond donors (Lipinski definition) is 2. The highest BCUT2D eigenvalue weighted by Crippen LogP contribution is 2.26. The highest BCUT2D eigenvalue weighted by atomic mass is 35.5. The molecule has 2 aromatic carbocycles. The Morgan fingerprint density at radius 2 is 1.90 bits per heavy atom. The van der Waals surface area contributed by atoms with E-state index >= 15 is 0 Å². The minimum Gasteiger partial charge on any atom is -0.322 e. The Bertz CT molecular complexity index is 644. The molecule has 0 aliphatic carbocycles. The van der Waals surface area contributed by atoms with Crippen LogP contribution in [0.15, 0.2) is 42.5 Å². The molecule has 0 saturated carbocycles. The summed E-state index contributed by atoms with van der Waals surface area (Å²) in [4.78, 5) is 12.2. The molecule has 110 valence electrons. The summed E-state index contributed by atoms with van der Waals surface area (Å²) in [7, 11) is 0. The number of rotatable bonds is 5. The number of halogens is 2. The zero-order valence-corrected chi connectivity index (χ0v) is 13.1. The molecule has 0 radical (unpaired) electrons. The van der Waals surface area contributed by atoms with E-state index in [1.807, 2.05) is 31.2 Å². The van der Waals surface area contributed by atoms with Gasteiger partial charge in [-0.15, -0.1) is 0 Å². The second kappa shape index (κ2) is 7.46. The summed E-state index contributed by atoms with van der Waals surface area (Å²) in [6.07, 6.45) is 0. The van der Waals surface area contributed by atoms with Crippen molar-refractivity contribution in [3.05, 3.63) is 63.6 Å². The minimum absolute atomic E-state index is 0.264. The molecule has 0 spiro atoms. The fourth-order valence-electron chi connectivity index (χ4n) is 1.91. The van der Waals surface area contributed by atoms with Crippen molar-refractivity contribution < 1.29 is 4.79 Å². The third-order valence-corrected chi connectivity index (χ3v) is 3.78. The van der Waals surface area contributed by atoms with Gasteiger partial charge in [-0.05, 0) is 36.4 Å². The van der Waals surface area contributed by atoms with Crippen molar-refractivity contribution in [3.8, 4) is 0 Å². The molecular formula is C16H16Cl2N2O. The summed E-state index contributed by atoms with van der Waals surface area (Å²) >= 11 is 12.0. The molecule has 0 aromatic heterocycles. The van der Waals surface area contributed by atoms with Crippen LogP contribution in [0, 0.1) is 0 Å². The van der Waals surface area contributed by atoms with E-state index in [0.29, 0.717) is 10.6 Å². The third kappa shape index (κ3) is 4.21. The van der Waals surface area contributed by atoms with Crippen LogP contribution >= 0.6 is 23.2 Å². The maximum absolute atomic E-state index is 12.2. The van der Waals surface area contributed by atoms with Gasteiger partial charge < -0.3 is 10.6 Å². The number of amides is 1. The topological polar surface area (TPSA) is 41.1 Å². The molecule has 0 aliphatic heterocycles. The van der Waals surface area contributed by atoms with E-state index in [2.05, 4.69) is 10.6 Å². The van der Waals surface area contributed by atoms with Crippen LogP contribution in [0.5, 0.6) is 0 Å². The van der Waals surface area contributed by atoms with Crippen LogP contribution in [-0.4, -0.2) is 12.5 Å². The van der Waals surface area contributed by atoms with E-state index in [4.69, 9.17) is 23.2 Å². The van der Waals surface area contributed by atoms with Gasteiger partial charge in [-0.2, -0.15) is 0 Å². The molecular weight excluding hydrogens is 307 g/mol. The Morgan fingerprint density at radius 1 is 1.14 bits per heavy atom. The molecule has 0 bridgehead atoms. The van der Waals surface area contributed by atoms with Gasteiger partial charge in [0.05, 0.1) is 15.6 Å². The number of hydrogen-bond acceptors (Lipinski definition) is 2. The number of benzene rings is 2. The van der Waals surface area contributed by atoms with Gasteiger partial charge >= 0.3 is 0 Å². The Balaban J connectivity index is 2.14. The first kappa shape index (κ1) is 15.8. The molecule has 2 rings (SSSR count). The second-order valence-electron chi connectivity index (χ2n) is 4.54. The fourth-order valence-corrected chi connectivity index (χ4v) is 2.29. The summed E-state index contributed by atoms with van der Waals surface area (Å²) in [5.41, 5.74) is 2.19. The molecule has 5 heteroatoms. The van der Waals surface area contributed by atoms with E-state index in [1.54, 1.807) is 18.2 Å². The van der Waals surface area contributed by atoms with Crippen molar-refractivity contribution in [2.45, 2.75) is 13.5 Å². The van der Waals surface area contributed by atoms with Crippen molar-refractivity contribution in [1.29, 1.82) is 0 Å². The highest BCUT2D eigenvalue weighted by molar-refractivity contribution is 6.44. The lowest BCUT2D eigenvalue weighted by atomic mass is 10.1.